The van der Waals surface area contributed by atoms with Gasteiger partial charge in [-0.15, -0.1) is 0 Å². The molecule has 2 aromatic carbocycles. The van der Waals surface area contributed by atoms with Crippen LogP contribution in [0.2, 0.25) is 0 Å². The maximum atomic E-state index is 12.3. The van der Waals surface area contributed by atoms with Gasteiger partial charge in [0.25, 0.3) is 0 Å². The number of rotatable bonds is 7. The average molecular weight is 436 g/mol. The molecular formula is C21H25NO5S2. The van der Waals surface area contributed by atoms with Gasteiger partial charge in [-0.2, -0.15) is 11.8 Å². The number of nitrogens with one attached hydrogen (secondary N) is 1. The van der Waals surface area contributed by atoms with Gasteiger partial charge in [-0.25, -0.2) is 13.2 Å². The Kier molecular flexibility index (Phi) is 6.43. The summed E-state index contributed by atoms with van der Waals surface area (Å²) < 4.78 is 35.5. The molecule has 1 fully saturated rings. The summed E-state index contributed by atoms with van der Waals surface area (Å²) in [7, 11) is -3.24. The summed E-state index contributed by atoms with van der Waals surface area (Å²) in [6, 6.07) is 13.8. The molecule has 3 rings (SSSR count). The summed E-state index contributed by atoms with van der Waals surface area (Å²) in [5.74, 6) is 2.29. The van der Waals surface area contributed by atoms with Crippen molar-refractivity contribution in [2.45, 2.75) is 43.1 Å². The smallest absolute Gasteiger partial charge is 0.407 e. The first-order valence-corrected chi connectivity index (χ1v) is 12.0. The SMILES string of the molecule is CC(C)(C)OC(=O)NCc1ccc(Oc2ccc(S(=O)(=O)CC3CS3)cc2)cc1. The molecule has 6 nitrogen and oxygen atoms in total. The number of hydrogen-bond donors (Lipinski definition) is 1. The van der Waals surface area contributed by atoms with E-state index in [0.29, 0.717) is 22.9 Å². The number of sulfone groups is 1. The number of ether oxygens (including phenoxy) is 2. The number of hydrogen-bond acceptors (Lipinski definition) is 6. The topological polar surface area (TPSA) is 81.7 Å². The molecule has 0 saturated carbocycles. The molecule has 8 heteroatoms. The van der Waals surface area contributed by atoms with E-state index in [0.717, 1.165) is 11.3 Å². The van der Waals surface area contributed by atoms with Crippen LogP contribution in [0.25, 0.3) is 0 Å². The number of amides is 1. The number of carbonyl (C=O) groups excluding carboxylic acids is 1. The first-order valence-electron chi connectivity index (χ1n) is 9.29. The minimum atomic E-state index is -3.24. The maximum absolute atomic E-state index is 12.3. The Labute approximate surface area is 175 Å². The lowest BCUT2D eigenvalue weighted by atomic mass is 10.2. The summed E-state index contributed by atoms with van der Waals surface area (Å²) in [6.45, 7) is 5.79. The molecule has 1 aliphatic rings. The lowest BCUT2D eigenvalue weighted by molar-refractivity contribution is 0.0523. The summed E-state index contributed by atoms with van der Waals surface area (Å²) in [6.07, 6.45) is -0.465. The van der Waals surface area contributed by atoms with Crippen LogP contribution >= 0.6 is 11.8 Å². The van der Waals surface area contributed by atoms with Gasteiger partial charge in [-0.3, -0.25) is 0 Å². The highest BCUT2D eigenvalue weighted by Crippen LogP contribution is 2.33. The highest BCUT2D eigenvalue weighted by atomic mass is 32.2. The Balaban J connectivity index is 1.53. The third-order valence-electron chi connectivity index (χ3n) is 3.99. The van der Waals surface area contributed by atoms with Crippen molar-refractivity contribution in [3.05, 3.63) is 54.1 Å². The minimum absolute atomic E-state index is 0.191. The second kappa shape index (κ2) is 8.67. The molecule has 0 radical (unpaired) electrons. The van der Waals surface area contributed by atoms with Crippen LogP contribution in [0, 0.1) is 0 Å². The van der Waals surface area contributed by atoms with Gasteiger partial charge in [0.05, 0.1) is 10.6 Å². The van der Waals surface area contributed by atoms with Crippen LogP contribution < -0.4 is 10.1 Å². The van der Waals surface area contributed by atoms with E-state index in [1.165, 1.54) is 0 Å². The van der Waals surface area contributed by atoms with Gasteiger partial charge < -0.3 is 14.8 Å². The standard InChI is InChI=1S/C21H25NO5S2/c1-21(2,3)27-20(23)22-12-15-4-6-16(7-5-15)26-17-8-10-19(11-9-17)29(24,25)14-18-13-28-18/h4-11,18H,12-14H2,1-3H3,(H,22,23). The normalized spacial score (nSPS) is 16.2. The predicted octanol–water partition coefficient (Wildman–Crippen LogP) is 4.39. The Hall–Kier alpha value is -2.19. The van der Waals surface area contributed by atoms with Crippen molar-refractivity contribution < 1.29 is 22.7 Å². The molecule has 0 spiro atoms. The zero-order valence-electron chi connectivity index (χ0n) is 16.7. The summed E-state index contributed by atoms with van der Waals surface area (Å²) in [5, 5.41) is 2.94. The summed E-state index contributed by atoms with van der Waals surface area (Å²) >= 11 is 1.67. The van der Waals surface area contributed by atoms with Crippen molar-refractivity contribution in [1.29, 1.82) is 0 Å². The van der Waals surface area contributed by atoms with E-state index < -0.39 is 21.5 Å². The van der Waals surface area contributed by atoms with Gasteiger partial charge >= 0.3 is 6.09 Å². The van der Waals surface area contributed by atoms with Crippen LogP contribution in [-0.2, 0) is 21.1 Å². The van der Waals surface area contributed by atoms with Crippen molar-refractivity contribution in [2.24, 2.45) is 0 Å². The molecule has 1 heterocycles. The Morgan fingerprint density at radius 2 is 1.62 bits per heavy atom. The molecule has 1 atom stereocenters. The van der Waals surface area contributed by atoms with E-state index >= 15 is 0 Å². The lowest BCUT2D eigenvalue weighted by Gasteiger charge is -2.19. The first kappa shape index (κ1) is 21.5. The maximum Gasteiger partial charge on any atom is 0.407 e. The molecule has 0 aliphatic carbocycles. The van der Waals surface area contributed by atoms with Crippen LogP contribution in [-0.4, -0.2) is 36.9 Å². The fraction of sp³-hybridized carbons (Fsp3) is 0.381. The molecule has 0 aromatic heterocycles. The van der Waals surface area contributed by atoms with E-state index in [4.69, 9.17) is 9.47 Å². The van der Waals surface area contributed by atoms with Crippen LogP contribution in [0.15, 0.2) is 53.4 Å². The molecule has 156 valence electrons. The van der Waals surface area contributed by atoms with E-state index in [9.17, 15) is 13.2 Å². The Morgan fingerprint density at radius 1 is 1.07 bits per heavy atom. The Bertz CT molecular complexity index is 944. The third kappa shape index (κ3) is 6.97. The van der Waals surface area contributed by atoms with Gasteiger partial charge in [0.1, 0.15) is 17.1 Å². The van der Waals surface area contributed by atoms with Crippen LogP contribution in [0.1, 0.15) is 26.3 Å². The van der Waals surface area contributed by atoms with E-state index in [2.05, 4.69) is 5.32 Å². The highest BCUT2D eigenvalue weighted by molar-refractivity contribution is 8.08. The molecular weight excluding hydrogens is 410 g/mol. The fourth-order valence-corrected chi connectivity index (χ4v) is 5.20. The van der Waals surface area contributed by atoms with Gasteiger partial charge in [0.2, 0.25) is 0 Å². The molecule has 2 aromatic rings. The minimum Gasteiger partial charge on any atom is -0.457 e. The van der Waals surface area contributed by atoms with Gasteiger partial charge in [-0.1, -0.05) is 12.1 Å². The van der Waals surface area contributed by atoms with Crippen LogP contribution in [0.4, 0.5) is 4.79 Å². The fourth-order valence-electron chi connectivity index (χ4n) is 2.52. The largest absolute Gasteiger partial charge is 0.457 e. The van der Waals surface area contributed by atoms with E-state index in [1.807, 2.05) is 32.9 Å². The lowest BCUT2D eigenvalue weighted by Crippen LogP contribution is -2.32. The van der Waals surface area contributed by atoms with Gasteiger partial charge in [0, 0.05) is 17.5 Å². The number of carbonyl (C=O) groups is 1. The molecule has 1 N–H and O–H groups in total. The number of thioether (sulfide) groups is 1. The Morgan fingerprint density at radius 3 is 2.14 bits per heavy atom. The van der Waals surface area contributed by atoms with Crippen molar-refractivity contribution in [3.63, 3.8) is 0 Å². The quantitative estimate of drug-likeness (QED) is 0.650. The van der Waals surface area contributed by atoms with Crippen molar-refractivity contribution in [1.82, 2.24) is 5.32 Å². The third-order valence-corrected chi connectivity index (χ3v) is 7.00. The number of benzene rings is 2. The van der Waals surface area contributed by atoms with Crippen molar-refractivity contribution >= 4 is 27.7 Å². The van der Waals surface area contributed by atoms with E-state index in [1.54, 1.807) is 48.2 Å². The predicted molar refractivity (Wildman–Crippen MR) is 114 cm³/mol. The first-order chi connectivity index (χ1) is 13.6. The molecule has 1 aliphatic heterocycles. The van der Waals surface area contributed by atoms with Gasteiger partial charge in [-0.05, 0) is 62.7 Å². The second-order valence-electron chi connectivity index (χ2n) is 7.81. The number of alkyl carbamates (subject to hydrolysis) is 1. The van der Waals surface area contributed by atoms with Crippen molar-refractivity contribution in [3.8, 4) is 11.5 Å². The molecule has 29 heavy (non-hydrogen) atoms. The average Bonchev–Trinajstić information content (AvgIpc) is 3.43. The summed E-state index contributed by atoms with van der Waals surface area (Å²) in [5.41, 5.74) is 0.371. The summed E-state index contributed by atoms with van der Waals surface area (Å²) in [4.78, 5) is 12.0. The second-order valence-corrected chi connectivity index (χ2v) is 11.2. The van der Waals surface area contributed by atoms with Gasteiger partial charge in [0.15, 0.2) is 9.84 Å². The van der Waals surface area contributed by atoms with Crippen molar-refractivity contribution in [2.75, 3.05) is 11.5 Å². The monoisotopic (exact) mass is 435 g/mol. The van der Waals surface area contributed by atoms with Crippen LogP contribution in [0.3, 0.4) is 0 Å². The zero-order valence-corrected chi connectivity index (χ0v) is 18.3. The van der Waals surface area contributed by atoms with E-state index in [-0.39, 0.29) is 11.0 Å². The highest BCUT2D eigenvalue weighted by Gasteiger charge is 2.29. The molecule has 1 unspecified atom stereocenters. The zero-order chi connectivity index (χ0) is 21.1. The molecule has 1 saturated heterocycles. The van der Waals surface area contributed by atoms with Crippen LogP contribution in [0.5, 0.6) is 11.5 Å². The molecule has 1 amide bonds. The molecule has 0 bridgehead atoms.